The molecule has 95 heavy (non-hydrogen) atoms. The molecule has 19 heteroatoms. The molecule has 19 nitrogen and oxygen atoms in total. The second-order valence-electron chi connectivity index (χ2n) is 25.6. The molecule has 0 radical (unpaired) electrons. The number of carboxylic acid groups (broad SMARTS) is 1. The van der Waals surface area contributed by atoms with Gasteiger partial charge in [0.1, 0.15) is 48.2 Å². The average Bonchev–Trinajstić information content (AvgIpc) is 1.53. The second-order valence-corrected chi connectivity index (χ2v) is 25.6. The van der Waals surface area contributed by atoms with Crippen LogP contribution < -0.4 is 20.1 Å². The number of carbonyl (C=O) groups is 7. The molecule has 5 N–H and O–H groups in total. The van der Waals surface area contributed by atoms with Gasteiger partial charge in [0, 0.05) is 38.5 Å². The average molecular weight is 1330 g/mol. The first-order valence-electron chi connectivity index (χ1n) is 34.4. The van der Waals surface area contributed by atoms with Crippen molar-refractivity contribution in [1.82, 2.24) is 10.6 Å². The summed E-state index contributed by atoms with van der Waals surface area (Å²) in [5.41, 5.74) is -4.05. The largest absolute Gasteiger partial charge is 0.481 e. The lowest BCUT2D eigenvalue weighted by Crippen LogP contribution is -2.54. The van der Waals surface area contributed by atoms with Gasteiger partial charge in [0.05, 0.1) is 39.3 Å². The standard InChI is InChI=1S/C41H63NO9.C35H51NO8/c1-8-10-12-16-19-26-41(49-29-30-50-41)27-20-17-14-13-15-18-21-34(40(6,46)38(45)51-39(3,4)5)36(43)42-35(37(44)47-7)31-32-22-24-33(25-23-32)48-28-11-9-2;1-5-7-9-12-15-18-28(37)19-16-13-10-11-14-17-20-30(35(3,42)34(40)41)32(38)36-31(33(39)43-4)26-27-21-23-29(24-22-27)44-25-8-6-2/h18,21-25,34-35,46H,8,10,12-17,19-20,26-31H2,1-7H3,(H,42,43);17,20-24,30-31,42H,5,7,9-16,18-19,25-26H2,1-4H3,(H,36,38)(H,40,41)/b21-18+;20-17+/t34-,35+,40+;30-,31+,35+/m11/s1. The molecular formula is C76H114N2O17. The molecule has 1 fully saturated rings. The first kappa shape index (κ1) is 84.1. The van der Waals surface area contributed by atoms with E-state index in [-0.39, 0.29) is 26.1 Å². The van der Waals surface area contributed by atoms with Gasteiger partial charge in [-0.05, 0) is 135 Å². The number of ketones is 1. The van der Waals surface area contributed by atoms with Gasteiger partial charge in [-0.15, -0.1) is 11.8 Å². The van der Waals surface area contributed by atoms with E-state index in [1.807, 2.05) is 0 Å². The summed E-state index contributed by atoms with van der Waals surface area (Å²) in [6.07, 6.45) is 29.9. The van der Waals surface area contributed by atoms with E-state index in [0.717, 1.165) is 96.0 Å². The van der Waals surface area contributed by atoms with Crippen LogP contribution in [0.4, 0.5) is 0 Å². The summed E-state index contributed by atoms with van der Waals surface area (Å²) >= 11 is 0. The molecule has 0 saturated carbocycles. The van der Waals surface area contributed by atoms with Gasteiger partial charge in [0.2, 0.25) is 11.8 Å². The number of aliphatic hydroxyl groups is 2. The van der Waals surface area contributed by atoms with Crippen LogP contribution in [0, 0.1) is 35.5 Å². The van der Waals surface area contributed by atoms with Gasteiger partial charge in [-0.25, -0.2) is 19.2 Å². The Labute approximate surface area is 567 Å². The van der Waals surface area contributed by atoms with Crippen LogP contribution in [0.1, 0.15) is 228 Å². The predicted molar refractivity (Wildman–Crippen MR) is 368 cm³/mol. The number of benzene rings is 2. The van der Waals surface area contributed by atoms with Crippen molar-refractivity contribution in [1.29, 1.82) is 0 Å². The van der Waals surface area contributed by atoms with E-state index in [1.165, 1.54) is 78.2 Å². The number of hydrogen-bond donors (Lipinski definition) is 5. The van der Waals surface area contributed by atoms with Gasteiger partial charge in [0.25, 0.3) is 0 Å². The van der Waals surface area contributed by atoms with Crippen LogP contribution in [0.5, 0.6) is 11.5 Å². The number of carboxylic acids is 1. The van der Waals surface area contributed by atoms with Gasteiger partial charge in [-0.1, -0.05) is 151 Å². The Kier molecular flexibility index (Phi) is 41.6. The predicted octanol–water partition coefficient (Wildman–Crippen LogP) is 12.6. The van der Waals surface area contributed by atoms with Gasteiger partial charge in [-0.3, -0.25) is 14.4 Å². The van der Waals surface area contributed by atoms with E-state index in [0.29, 0.717) is 61.7 Å². The van der Waals surface area contributed by atoms with E-state index in [2.05, 4.69) is 48.2 Å². The van der Waals surface area contributed by atoms with E-state index >= 15 is 0 Å². The van der Waals surface area contributed by atoms with E-state index < -0.39 is 82.2 Å². The third kappa shape index (κ3) is 34.5. The number of Topliss-reactive ketones (excluding diaryl/α,β-unsaturated/α-hetero) is 1. The summed E-state index contributed by atoms with van der Waals surface area (Å²) in [5, 5.41) is 37.0. The molecule has 0 aromatic heterocycles. The number of ether oxygens (including phenoxy) is 7. The molecule has 2 aromatic carbocycles. The van der Waals surface area contributed by atoms with E-state index in [4.69, 9.17) is 33.2 Å². The highest BCUT2D eigenvalue weighted by Gasteiger charge is 2.46. The molecule has 0 bridgehead atoms. The maximum Gasteiger partial charge on any atom is 0.339 e. The maximum atomic E-state index is 13.8. The van der Waals surface area contributed by atoms with Crippen LogP contribution in [0.2, 0.25) is 0 Å². The summed E-state index contributed by atoms with van der Waals surface area (Å²) in [6, 6.07) is 11.8. The van der Waals surface area contributed by atoms with Crippen molar-refractivity contribution < 1.29 is 82.0 Å². The van der Waals surface area contributed by atoms with Gasteiger partial charge >= 0.3 is 23.9 Å². The van der Waals surface area contributed by atoms with E-state index in [1.54, 1.807) is 95.3 Å². The fourth-order valence-corrected chi connectivity index (χ4v) is 10.6. The molecule has 2 aromatic rings. The van der Waals surface area contributed by atoms with Crippen LogP contribution in [-0.4, -0.2) is 132 Å². The quantitative estimate of drug-likeness (QED) is 0.0136. The Morgan fingerprint density at radius 3 is 1.31 bits per heavy atom. The maximum absolute atomic E-state index is 13.8. The zero-order chi connectivity index (χ0) is 70.6. The van der Waals surface area contributed by atoms with Crippen molar-refractivity contribution in [3.05, 3.63) is 84.0 Å². The van der Waals surface area contributed by atoms with Crippen molar-refractivity contribution in [2.24, 2.45) is 11.8 Å². The minimum Gasteiger partial charge on any atom is -0.481 e. The Morgan fingerprint density at radius 1 is 0.558 bits per heavy atom. The summed E-state index contributed by atoms with van der Waals surface area (Å²) in [4.78, 5) is 89.4. The number of aliphatic carboxylic acids is 1. The highest BCUT2D eigenvalue weighted by molar-refractivity contribution is 5.94. The normalized spacial score (nSPS) is 15.1. The highest BCUT2D eigenvalue weighted by atomic mass is 16.7. The number of hydrogen-bond acceptors (Lipinski definition) is 16. The van der Waals surface area contributed by atoms with Crippen molar-refractivity contribution in [2.75, 3.05) is 40.6 Å². The number of unbranched alkanes of at least 4 members (excludes halogenated alkanes) is 16. The summed E-state index contributed by atoms with van der Waals surface area (Å²) in [6.45, 7) is 17.0. The lowest BCUT2D eigenvalue weighted by molar-refractivity contribution is -0.181. The summed E-state index contributed by atoms with van der Waals surface area (Å²) in [5.74, 6) is 4.09. The number of nitrogens with one attached hydrogen (secondary N) is 2. The second kappa shape index (κ2) is 47.0. The van der Waals surface area contributed by atoms with Crippen LogP contribution in [0.15, 0.2) is 72.8 Å². The first-order chi connectivity index (χ1) is 45.3. The highest BCUT2D eigenvalue weighted by Crippen LogP contribution is 2.33. The number of rotatable bonds is 46. The number of amides is 2. The Balaban J connectivity index is 0.000000654. The van der Waals surface area contributed by atoms with Crippen molar-refractivity contribution in [2.45, 2.75) is 264 Å². The number of allylic oxidation sites excluding steroid dienone is 2. The van der Waals surface area contributed by atoms with E-state index in [9.17, 15) is 48.9 Å². The fourth-order valence-electron chi connectivity index (χ4n) is 10.6. The van der Waals surface area contributed by atoms with Gasteiger partial charge in [0.15, 0.2) is 17.0 Å². The van der Waals surface area contributed by atoms with Crippen LogP contribution in [-0.2, 0) is 70.1 Å². The Bertz CT molecular complexity index is 2770. The van der Waals surface area contributed by atoms with Crippen molar-refractivity contribution in [3.63, 3.8) is 0 Å². The molecule has 1 aliphatic rings. The lowest BCUT2D eigenvalue weighted by Gasteiger charge is -2.32. The molecule has 0 aliphatic carbocycles. The number of carbonyl (C=O) groups excluding carboxylic acids is 6. The van der Waals surface area contributed by atoms with Crippen molar-refractivity contribution >= 4 is 41.5 Å². The number of esters is 3. The summed E-state index contributed by atoms with van der Waals surface area (Å²) < 4.78 is 38.5. The minimum absolute atomic E-state index is 0.0838. The Morgan fingerprint density at radius 2 is 0.937 bits per heavy atom. The van der Waals surface area contributed by atoms with Gasteiger partial charge in [-0.2, -0.15) is 0 Å². The molecule has 0 unspecified atom stereocenters. The number of methoxy groups -OCH3 is 2. The monoisotopic (exact) mass is 1330 g/mol. The first-order valence-corrected chi connectivity index (χ1v) is 34.4. The molecule has 1 aliphatic heterocycles. The molecule has 530 valence electrons. The molecular weight excluding hydrogens is 1210 g/mol. The summed E-state index contributed by atoms with van der Waals surface area (Å²) in [7, 11) is 2.44. The fraction of sp³-hybridized carbons (Fsp3) is 0.645. The molecule has 3 rings (SSSR count). The molecule has 1 heterocycles. The molecule has 1 saturated heterocycles. The zero-order valence-corrected chi connectivity index (χ0v) is 59.0. The van der Waals surface area contributed by atoms with Crippen LogP contribution >= 0.6 is 0 Å². The van der Waals surface area contributed by atoms with Gasteiger partial charge < -0.3 is 59.1 Å². The SMILES string of the molecule is CC#CCOc1ccc(C[C@H](NC(=O)[C@@H](/C=C/CCCCCCC(=O)CCCCCCC)[C@](C)(O)C(=O)O)C(=O)OC)cc1.CC#CCOc1ccc(C[C@H](NC(=O)[C@@H](/C=C/CCCCCCC2(CCCCCCC)OCCO2)[C@](C)(O)C(=O)OC(C)(C)C)C(=O)OC)cc1. The lowest BCUT2D eigenvalue weighted by atomic mass is 9.86. The zero-order valence-electron chi connectivity index (χ0n) is 59.0. The molecule has 2 amide bonds. The minimum atomic E-state index is -2.40. The topological polar surface area (TPSA) is 269 Å². The third-order valence-electron chi connectivity index (χ3n) is 16.3. The molecule has 6 atom stereocenters. The van der Waals surface area contributed by atoms with Crippen LogP contribution in [0.3, 0.4) is 0 Å². The smallest absolute Gasteiger partial charge is 0.339 e. The molecule has 0 spiro atoms. The third-order valence-corrected chi connectivity index (χ3v) is 16.3. The van der Waals surface area contributed by atoms with Crippen LogP contribution in [0.25, 0.3) is 0 Å². The van der Waals surface area contributed by atoms with Crippen molar-refractivity contribution in [3.8, 4) is 35.2 Å². The Hall–Kier alpha value is -7.03.